The Hall–Kier alpha value is -3.68. The van der Waals surface area contributed by atoms with Gasteiger partial charge in [-0.1, -0.05) is 37.6 Å². The van der Waals surface area contributed by atoms with Crippen molar-refractivity contribution in [3.05, 3.63) is 75.3 Å². The van der Waals surface area contributed by atoms with E-state index in [4.69, 9.17) is 0 Å². The van der Waals surface area contributed by atoms with Crippen molar-refractivity contribution in [3.63, 3.8) is 0 Å². The third-order valence-electron chi connectivity index (χ3n) is 5.35. The molecule has 1 atom stereocenters. The van der Waals surface area contributed by atoms with Gasteiger partial charge in [0.1, 0.15) is 5.76 Å². The molecule has 31 heavy (non-hydrogen) atoms. The molecule has 3 rings (SSSR count). The van der Waals surface area contributed by atoms with E-state index in [-0.39, 0.29) is 16.8 Å². The van der Waals surface area contributed by atoms with E-state index < -0.39 is 28.4 Å². The van der Waals surface area contributed by atoms with Gasteiger partial charge in [-0.15, -0.1) is 0 Å². The van der Waals surface area contributed by atoms with Gasteiger partial charge in [0.15, 0.2) is 0 Å². The number of likely N-dealkylation sites (tertiary alicyclic amines) is 1. The smallest absolute Gasteiger partial charge is 0.295 e. The predicted molar refractivity (Wildman–Crippen MR) is 118 cm³/mol. The van der Waals surface area contributed by atoms with Crippen LogP contribution >= 0.6 is 0 Å². The zero-order valence-corrected chi connectivity index (χ0v) is 17.7. The highest BCUT2D eigenvalue weighted by atomic mass is 16.6. The van der Waals surface area contributed by atoms with Crippen LogP contribution in [0.2, 0.25) is 0 Å². The number of nitrogens with zero attached hydrogens (tertiary/aromatic N) is 3. The first-order valence-electron chi connectivity index (χ1n) is 10.1. The lowest BCUT2D eigenvalue weighted by atomic mass is 9.95. The first-order chi connectivity index (χ1) is 14.8. The second kappa shape index (κ2) is 8.99. The molecule has 0 bridgehead atoms. The molecule has 1 saturated heterocycles. The van der Waals surface area contributed by atoms with Crippen LogP contribution < -0.4 is 4.90 Å². The lowest BCUT2D eigenvalue weighted by Crippen LogP contribution is -2.30. The van der Waals surface area contributed by atoms with E-state index in [1.54, 1.807) is 0 Å². The Morgan fingerprint density at radius 2 is 1.84 bits per heavy atom. The number of carbonyl (C=O) groups excluding carboxylic acids is 2. The van der Waals surface area contributed by atoms with Crippen LogP contribution in [0.3, 0.4) is 0 Å². The molecule has 0 aromatic heterocycles. The number of carbonyl (C=O) groups is 2. The molecule has 1 aliphatic rings. The Bertz CT molecular complexity index is 1040. The lowest BCUT2D eigenvalue weighted by molar-refractivity contribution is -0.384. The zero-order valence-electron chi connectivity index (χ0n) is 17.7. The number of aliphatic hydroxyl groups is 1. The van der Waals surface area contributed by atoms with Gasteiger partial charge in [0.2, 0.25) is 0 Å². The second-order valence-corrected chi connectivity index (χ2v) is 7.64. The number of aliphatic hydroxyl groups excluding tert-OH is 1. The normalized spacial score (nSPS) is 17.8. The molecular weight excluding hydrogens is 398 g/mol. The predicted octanol–water partition coefficient (Wildman–Crippen LogP) is 3.88. The van der Waals surface area contributed by atoms with Gasteiger partial charge in [-0.05, 0) is 24.1 Å². The molecule has 2 aromatic rings. The van der Waals surface area contributed by atoms with Crippen molar-refractivity contribution in [3.8, 4) is 0 Å². The molecule has 0 radical (unpaired) electrons. The number of non-ortho nitro benzene ring substituents is 1. The molecule has 0 spiro atoms. The molecule has 0 aliphatic carbocycles. The van der Waals surface area contributed by atoms with Crippen molar-refractivity contribution in [2.75, 3.05) is 25.5 Å². The standard InChI is InChI=1S/C23H25N3O5/c1-4-5-13-25-20(15-9-11-17(12-10-15)24(2)3)19(22(28)23(25)29)21(27)16-7-6-8-18(14-16)26(30)31/h6-12,14,20,27H,4-5,13H2,1-3H3/b21-19-. The Balaban J connectivity index is 2.16. The van der Waals surface area contributed by atoms with Crippen molar-refractivity contribution in [2.45, 2.75) is 25.8 Å². The molecule has 162 valence electrons. The molecule has 1 aliphatic heterocycles. The van der Waals surface area contributed by atoms with Crippen molar-refractivity contribution < 1.29 is 19.6 Å². The number of benzene rings is 2. The molecule has 8 nitrogen and oxygen atoms in total. The average molecular weight is 423 g/mol. The number of Topliss-reactive ketones (excluding diaryl/α,β-unsaturated/α-hetero) is 1. The summed E-state index contributed by atoms with van der Waals surface area (Å²) >= 11 is 0. The maximum absolute atomic E-state index is 12.9. The van der Waals surface area contributed by atoms with Crippen molar-refractivity contribution in [2.24, 2.45) is 0 Å². The number of hydrogen-bond acceptors (Lipinski definition) is 6. The Morgan fingerprint density at radius 3 is 2.42 bits per heavy atom. The summed E-state index contributed by atoms with van der Waals surface area (Å²) in [5, 5.41) is 22.1. The number of amides is 1. The monoisotopic (exact) mass is 423 g/mol. The fourth-order valence-corrected chi connectivity index (χ4v) is 3.66. The fourth-order valence-electron chi connectivity index (χ4n) is 3.66. The van der Waals surface area contributed by atoms with Crippen LogP contribution in [-0.2, 0) is 9.59 Å². The van der Waals surface area contributed by atoms with Gasteiger partial charge in [-0.25, -0.2) is 0 Å². The van der Waals surface area contributed by atoms with Crippen LogP contribution in [0.25, 0.3) is 5.76 Å². The quantitative estimate of drug-likeness (QED) is 0.238. The minimum absolute atomic E-state index is 0.0563. The fraction of sp³-hybridized carbons (Fsp3) is 0.304. The van der Waals surface area contributed by atoms with Crippen LogP contribution in [0.15, 0.2) is 54.1 Å². The Morgan fingerprint density at radius 1 is 1.16 bits per heavy atom. The number of rotatable bonds is 7. The van der Waals surface area contributed by atoms with E-state index >= 15 is 0 Å². The number of anilines is 1. The third kappa shape index (κ3) is 4.28. The molecular formula is C23H25N3O5. The van der Waals surface area contributed by atoms with E-state index in [0.717, 1.165) is 12.1 Å². The van der Waals surface area contributed by atoms with Gasteiger partial charge in [-0.3, -0.25) is 19.7 Å². The second-order valence-electron chi connectivity index (χ2n) is 7.64. The minimum Gasteiger partial charge on any atom is -0.507 e. The van der Waals surface area contributed by atoms with Gasteiger partial charge < -0.3 is 14.9 Å². The van der Waals surface area contributed by atoms with E-state index in [1.165, 1.54) is 29.2 Å². The molecule has 1 heterocycles. The topological polar surface area (TPSA) is 104 Å². The van der Waals surface area contributed by atoms with E-state index in [9.17, 15) is 24.8 Å². The number of hydrogen-bond donors (Lipinski definition) is 1. The number of unbranched alkanes of at least 4 members (excludes halogenated alkanes) is 1. The van der Waals surface area contributed by atoms with E-state index in [1.807, 2.05) is 50.2 Å². The van der Waals surface area contributed by atoms with Gasteiger partial charge in [0.25, 0.3) is 17.4 Å². The highest BCUT2D eigenvalue weighted by molar-refractivity contribution is 6.46. The van der Waals surface area contributed by atoms with Crippen LogP contribution in [-0.4, -0.2) is 47.3 Å². The average Bonchev–Trinajstić information content (AvgIpc) is 3.02. The van der Waals surface area contributed by atoms with Gasteiger partial charge in [-0.2, -0.15) is 0 Å². The largest absolute Gasteiger partial charge is 0.507 e. The van der Waals surface area contributed by atoms with E-state index in [2.05, 4.69) is 0 Å². The van der Waals surface area contributed by atoms with Crippen LogP contribution in [0.4, 0.5) is 11.4 Å². The number of ketones is 1. The molecule has 1 fully saturated rings. The van der Waals surface area contributed by atoms with Crippen molar-refractivity contribution in [1.82, 2.24) is 4.90 Å². The molecule has 1 unspecified atom stereocenters. The van der Waals surface area contributed by atoms with Crippen molar-refractivity contribution in [1.29, 1.82) is 0 Å². The SMILES string of the molecule is CCCCN1C(=O)C(=O)/C(=C(\O)c2cccc([N+](=O)[O-])c2)C1c1ccc(N(C)C)cc1. The molecule has 1 amide bonds. The lowest BCUT2D eigenvalue weighted by Gasteiger charge is -2.25. The first kappa shape index (κ1) is 22.0. The highest BCUT2D eigenvalue weighted by Crippen LogP contribution is 2.40. The maximum atomic E-state index is 12.9. The summed E-state index contributed by atoms with van der Waals surface area (Å²) in [6.45, 7) is 2.35. The minimum atomic E-state index is -0.790. The Kier molecular flexibility index (Phi) is 6.39. The summed E-state index contributed by atoms with van der Waals surface area (Å²) in [6.07, 6.45) is 1.54. The van der Waals surface area contributed by atoms with Crippen LogP contribution in [0.5, 0.6) is 0 Å². The molecule has 2 aromatic carbocycles. The summed E-state index contributed by atoms with van der Waals surface area (Å²) in [6, 6.07) is 12.1. The molecule has 1 N–H and O–H groups in total. The number of nitro groups is 1. The Labute approximate surface area is 180 Å². The first-order valence-corrected chi connectivity index (χ1v) is 10.1. The molecule has 0 saturated carbocycles. The van der Waals surface area contributed by atoms with E-state index in [0.29, 0.717) is 18.5 Å². The summed E-state index contributed by atoms with van der Waals surface area (Å²) in [5.41, 5.74) is 1.49. The highest BCUT2D eigenvalue weighted by Gasteiger charge is 2.45. The molecule has 8 heteroatoms. The van der Waals surface area contributed by atoms with Crippen LogP contribution in [0.1, 0.15) is 36.9 Å². The third-order valence-corrected chi connectivity index (χ3v) is 5.35. The summed E-state index contributed by atoms with van der Waals surface area (Å²) < 4.78 is 0. The van der Waals surface area contributed by atoms with Gasteiger partial charge in [0, 0.05) is 44.0 Å². The summed E-state index contributed by atoms with van der Waals surface area (Å²) in [7, 11) is 3.81. The summed E-state index contributed by atoms with van der Waals surface area (Å²) in [5.74, 6) is -1.88. The summed E-state index contributed by atoms with van der Waals surface area (Å²) in [4.78, 5) is 39.7. The van der Waals surface area contributed by atoms with Crippen molar-refractivity contribution >= 4 is 28.8 Å². The zero-order chi connectivity index (χ0) is 22.7. The van der Waals surface area contributed by atoms with Gasteiger partial charge >= 0.3 is 0 Å². The van der Waals surface area contributed by atoms with Crippen LogP contribution in [0, 0.1) is 10.1 Å². The number of nitro benzene ring substituents is 1. The van der Waals surface area contributed by atoms with Gasteiger partial charge in [0.05, 0.1) is 16.5 Å². The maximum Gasteiger partial charge on any atom is 0.295 e.